The fourth-order valence-corrected chi connectivity index (χ4v) is 4.60. The number of imidazole rings is 1. The van der Waals surface area contributed by atoms with E-state index in [0.717, 1.165) is 10.7 Å². The Kier molecular flexibility index (Phi) is 4.24. The summed E-state index contributed by atoms with van der Waals surface area (Å²) in [6.45, 7) is 0.686. The lowest BCUT2D eigenvalue weighted by Crippen LogP contribution is -2.31. The molecule has 1 aliphatic heterocycles. The molecular formula is C16H16N6O4S. The van der Waals surface area contributed by atoms with Gasteiger partial charge in [0.05, 0.1) is 4.90 Å². The van der Waals surface area contributed by atoms with Crippen LogP contribution in [-0.4, -0.2) is 51.4 Å². The summed E-state index contributed by atoms with van der Waals surface area (Å²) in [7, 11) is -3.54. The molecule has 3 aromatic rings. The second-order valence-electron chi connectivity index (χ2n) is 6.17. The Bertz CT molecular complexity index is 1100. The Morgan fingerprint density at radius 2 is 1.96 bits per heavy atom. The molecule has 10 nitrogen and oxygen atoms in total. The fraction of sp³-hybridized carbons (Fsp3) is 0.250. The molecule has 0 aliphatic carbocycles. The lowest BCUT2D eigenvalue weighted by Gasteiger charge is -2.17. The highest BCUT2D eigenvalue weighted by atomic mass is 32.2. The number of nitrogens with zero attached hydrogens (tertiary/aromatic N) is 5. The lowest BCUT2D eigenvalue weighted by atomic mass is 10.2. The van der Waals surface area contributed by atoms with Crippen molar-refractivity contribution in [2.24, 2.45) is 0 Å². The zero-order chi connectivity index (χ0) is 19.0. The summed E-state index contributed by atoms with van der Waals surface area (Å²) in [5, 5.41) is 18.4. The summed E-state index contributed by atoms with van der Waals surface area (Å²) in [6, 6.07) is 11.4. The molecule has 140 valence electrons. The van der Waals surface area contributed by atoms with Gasteiger partial charge in [-0.3, -0.25) is 0 Å². The zero-order valence-corrected chi connectivity index (χ0v) is 14.9. The van der Waals surface area contributed by atoms with Crippen LogP contribution < -0.4 is 5.32 Å². The van der Waals surface area contributed by atoms with Crippen LogP contribution in [0.3, 0.4) is 0 Å². The lowest BCUT2D eigenvalue weighted by molar-refractivity contribution is -0.391. The van der Waals surface area contributed by atoms with Crippen molar-refractivity contribution in [3.8, 4) is 0 Å². The molecule has 1 aromatic carbocycles. The maximum absolute atomic E-state index is 12.7. The van der Waals surface area contributed by atoms with Gasteiger partial charge in [-0.15, -0.1) is 0 Å². The van der Waals surface area contributed by atoms with E-state index in [9.17, 15) is 18.5 Å². The first-order chi connectivity index (χ1) is 12.9. The van der Waals surface area contributed by atoms with Crippen LogP contribution in [0.5, 0.6) is 0 Å². The Hall–Kier alpha value is -3.05. The van der Waals surface area contributed by atoms with Gasteiger partial charge < -0.3 is 15.4 Å². The molecular weight excluding hydrogens is 372 g/mol. The average Bonchev–Trinajstić information content (AvgIpc) is 3.29. The monoisotopic (exact) mass is 388 g/mol. The molecule has 1 fully saturated rings. The number of hydrogen-bond acceptors (Lipinski definition) is 7. The number of sulfonamides is 1. The number of hydrogen-bond donors (Lipinski definition) is 1. The van der Waals surface area contributed by atoms with Crippen molar-refractivity contribution in [1.29, 1.82) is 0 Å². The van der Waals surface area contributed by atoms with Gasteiger partial charge in [-0.25, -0.2) is 13.4 Å². The summed E-state index contributed by atoms with van der Waals surface area (Å²) in [6.07, 6.45) is 1.76. The summed E-state index contributed by atoms with van der Waals surface area (Å²) >= 11 is 0. The van der Waals surface area contributed by atoms with E-state index in [1.54, 1.807) is 42.5 Å². The van der Waals surface area contributed by atoms with Crippen molar-refractivity contribution >= 4 is 27.3 Å². The first-order valence-electron chi connectivity index (χ1n) is 8.26. The van der Waals surface area contributed by atoms with Crippen molar-refractivity contribution in [2.75, 3.05) is 18.4 Å². The van der Waals surface area contributed by atoms with E-state index >= 15 is 0 Å². The summed E-state index contributed by atoms with van der Waals surface area (Å²) in [5.74, 6) is 0.195. The molecule has 3 heterocycles. The Morgan fingerprint density at radius 1 is 1.19 bits per heavy atom. The number of fused-ring (bicyclic) bond motifs is 1. The topological polar surface area (TPSA) is 123 Å². The maximum Gasteiger partial charge on any atom is 0.368 e. The molecule has 0 saturated carbocycles. The number of anilines is 1. The van der Waals surface area contributed by atoms with Crippen molar-refractivity contribution in [3.63, 3.8) is 0 Å². The Morgan fingerprint density at radius 3 is 2.70 bits per heavy atom. The van der Waals surface area contributed by atoms with Crippen molar-refractivity contribution < 1.29 is 13.3 Å². The number of nitrogens with one attached hydrogen (secondary N) is 1. The maximum atomic E-state index is 12.7. The van der Waals surface area contributed by atoms with Crippen LogP contribution in [0.4, 0.5) is 11.6 Å². The van der Waals surface area contributed by atoms with E-state index in [2.05, 4.69) is 15.4 Å². The van der Waals surface area contributed by atoms with Gasteiger partial charge in [0.15, 0.2) is 5.82 Å². The second-order valence-corrected chi connectivity index (χ2v) is 8.11. The first-order valence-corrected chi connectivity index (χ1v) is 9.70. The van der Waals surface area contributed by atoms with Gasteiger partial charge in [-0.2, -0.15) is 4.31 Å². The third kappa shape index (κ3) is 3.22. The van der Waals surface area contributed by atoms with Gasteiger partial charge in [0, 0.05) is 25.2 Å². The van der Waals surface area contributed by atoms with Gasteiger partial charge in [0.2, 0.25) is 15.7 Å². The molecule has 1 atom stereocenters. The van der Waals surface area contributed by atoms with E-state index in [0.29, 0.717) is 31.0 Å². The Balaban J connectivity index is 1.51. The third-order valence-corrected chi connectivity index (χ3v) is 6.29. The molecule has 11 heteroatoms. The molecule has 1 saturated heterocycles. The molecule has 0 radical (unpaired) electrons. The molecule has 0 amide bonds. The molecule has 27 heavy (non-hydrogen) atoms. The predicted molar refractivity (Wildman–Crippen MR) is 96.9 cm³/mol. The van der Waals surface area contributed by atoms with Crippen LogP contribution in [0.1, 0.15) is 6.42 Å². The minimum absolute atomic E-state index is 0.143. The molecule has 0 bridgehead atoms. The van der Waals surface area contributed by atoms with Gasteiger partial charge in [0.25, 0.3) is 0 Å². The van der Waals surface area contributed by atoms with E-state index in [1.165, 1.54) is 4.31 Å². The van der Waals surface area contributed by atoms with Crippen LogP contribution >= 0.6 is 0 Å². The SMILES string of the molecule is O=[N+]([O-])c1cnc2ccc(N[C@H]3CCN(S(=O)(=O)c4ccccc4)C3)nn12. The van der Waals surface area contributed by atoms with Gasteiger partial charge in [-0.1, -0.05) is 27.8 Å². The van der Waals surface area contributed by atoms with Gasteiger partial charge >= 0.3 is 5.82 Å². The van der Waals surface area contributed by atoms with Crippen molar-refractivity contribution in [3.05, 3.63) is 58.8 Å². The number of benzene rings is 1. The summed E-state index contributed by atoms with van der Waals surface area (Å²) in [5.41, 5.74) is 0.368. The first kappa shape index (κ1) is 17.4. The van der Waals surface area contributed by atoms with Gasteiger partial charge in [0.1, 0.15) is 6.20 Å². The number of rotatable bonds is 5. The summed E-state index contributed by atoms with van der Waals surface area (Å²) in [4.78, 5) is 14.7. The molecule has 2 aromatic heterocycles. The van der Waals surface area contributed by atoms with E-state index in [4.69, 9.17) is 0 Å². The summed E-state index contributed by atoms with van der Waals surface area (Å²) < 4.78 is 28.0. The molecule has 1 aliphatic rings. The number of aromatic nitrogens is 3. The molecule has 0 unspecified atom stereocenters. The fourth-order valence-electron chi connectivity index (χ4n) is 3.08. The normalized spacial score (nSPS) is 18.0. The van der Waals surface area contributed by atoms with Crippen LogP contribution in [0.15, 0.2) is 53.6 Å². The quantitative estimate of drug-likeness (QED) is 0.519. The molecule has 4 rings (SSSR count). The van der Waals surface area contributed by atoms with Crippen LogP contribution in [-0.2, 0) is 10.0 Å². The van der Waals surface area contributed by atoms with Crippen LogP contribution in [0.2, 0.25) is 0 Å². The highest BCUT2D eigenvalue weighted by molar-refractivity contribution is 7.89. The Labute approximate surface area is 154 Å². The highest BCUT2D eigenvalue weighted by Crippen LogP contribution is 2.23. The van der Waals surface area contributed by atoms with E-state index in [-0.39, 0.29) is 16.8 Å². The zero-order valence-electron chi connectivity index (χ0n) is 14.1. The highest BCUT2D eigenvalue weighted by Gasteiger charge is 2.32. The average molecular weight is 388 g/mol. The standard InChI is InChI=1S/C16H16N6O4S/c23-22(24)16-10-17-15-7-6-14(19-21(15)16)18-12-8-9-20(11-12)27(25,26)13-4-2-1-3-5-13/h1-7,10,12H,8-9,11H2,(H,18,19)/t12-/m0/s1. The minimum Gasteiger partial charge on any atom is -0.363 e. The molecule has 0 spiro atoms. The number of nitro groups is 1. The van der Waals surface area contributed by atoms with Crippen molar-refractivity contribution in [2.45, 2.75) is 17.4 Å². The largest absolute Gasteiger partial charge is 0.368 e. The van der Waals surface area contributed by atoms with E-state index in [1.807, 2.05) is 0 Å². The van der Waals surface area contributed by atoms with Crippen molar-refractivity contribution in [1.82, 2.24) is 18.9 Å². The predicted octanol–water partition coefficient (Wildman–Crippen LogP) is 1.51. The third-order valence-electron chi connectivity index (χ3n) is 4.42. The second kappa shape index (κ2) is 6.59. The van der Waals surface area contributed by atoms with Crippen LogP contribution in [0, 0.1) is 10.1 Å². The molecule has 1 N–H and O–H groups in total. The smallest absolute Gasteiger partial charge is 0.363 e. The minimum atomic E-state index is -3.54. The van der Waals surface area contributed by atoms with E-state index < -0.39 is 14.9 Å². The van der Waals surface area contributed by atoms with Gasteiger partial charge in [-0.05, 0) is 29.5 Å². The van der Waals surface area contributed by atoms with Crippen LogP contribution in [0.25, 0.3) is 5.65 Å².